The number of aryl methyl sites for hydroxylation is 1. The monoisotopic (exact) mass is 439 g/mol. The van der Waals surface area contributed by atoms with Crippen molar-refractivity contribution in [2.24, 2.45) is 0 Å². The number of pyridine rings is 1. The van der Waals surface area contributed by atoms with E-state index in [2.05, 4.69) is 25.8 Å². The lowest BCUT2D eigenvalue weighted by Crippen LogP contribution is -2.17. The highest BCUT2D eigenvalue weighted by Gasteiger charge is 2.18. The summed E-state index contributed by atoms with van der Waals surface area (Å²) in [5, 5.41) is 9.89. The third-order valence-corrected chi connectivity index (χ3v) is 6.09. The van der Waals surface area contributed by atoms with Gasteiger partial charge in [-0.15, -0.1) is 22.7 Å². The molecule has 0 aromatic carbocycles. The number of carbonyl (C=O) groups is 2. The van der Waals surface area contributed by atoms with Crippen molar-refractivity contribution in [3.8, 4) is 21.9 Å². The van der Waals surface area contributed by atoms with Crippen molar-refractivity contribution in [2.75, 3.05) is 5.32 Å². The van der Waals surface area contributed by atoms with Gasteiger partial charge in [-0.05, 0) is 31.2 Å². The van der Waals surface area contributed by atoms with E-state index >= 15 is 0 Å². The SMILES string of the molecule is CC(=O)NCc1ccc(-c2nc(NC(=O)c3cc(-c4cccnc4)on3)sc2C)s1. The molecule has 152 valence electrons. The Labute approximate surface area is 180 Å². The molecule has 0 aliphatic rings. The average Bonchev–Trinajstić information content (AvgIpc) is 3.47. The van der Waals surface area contributed by atoms with Crippen LogP contribution in [0.2, 0.25) is 0 Å². The highest BCUT2D eigenvalue weighted by Crippen LogP contribution is 2.35. The van der Waals surface area contributed by atoms with E-state index in [0.29, 0.717) is 17.4 Å². The van der Waals surface area contributed by atoms with Crippen LogP contribution in [0.25, 0.3) is 21.9 Å². The summed E-state index contributed by atoms with van der Waals surface area (Å²) in [7, 11) is 0. The number of amides is 2. The van der Waals surface area contributed by atoms with Gasteiger partial charge in [0.2, 0.25) is 5.91 Å². The van der Waals surface area contributed by atoms with E-state index in [1.165, 1.54) is 18.3 Å². The largest absolute Gasteiger partial charge is 0.355 e. The number of hydrogen-bond acceptors (Lipinski definition) is 8. The van der Waals surface area contributed by atoms with Crippen molar-refractivity contribution in [3.05, 3.63) is 58.2 Å². The fourth-order valence-corrected chi connectivity index (χ4v) is 4.56. The van der Waals surface area contributed by atoms with Crippen molar-refractivity contribution in [1.29, 1.82) is 0 Å². The van der Waals surface area contributed by atoms with Gasteiger partial charge in [-0.25, -0.2) is 4.98 Å². The summed E-state index contributed by atoms with van der Waals surface area (Å²) < 4.78 is 5.25. The first-order valence-electron chi connectivity index (χ1n) is 8.99. The van der Waals surface area contributed by atoms with Crippen molar-refractivity contribution in [2.45, 2.75) is 20.4 Å². The van der Waals surface area contributed by atoms with E-state index < -0.39 is 5.91 Å². The Hall–Kier alpha value is -3.37. The molecule has 0 saturated heterocycles. The van der Waals surface area contributed by atoms with Crippen molar-refractivity contribution >= 4 is 39.6 Å². The second-order valence-corrected chi connectivity index (χ2v) is 8.74. The molecule has 30 heavy (non-hydrogen) atoms. The molecule has 0 bridgehead atoms. The zero-order valence-electron chi connectivity index (χ0n) is 16.1. The van der Waals surface area contributed by atoms with E-state index in [1.54, 1.807) is 35.9 Å². The van der Waals surface area contributed by atoms with Crippen LogP contribution in [0.5, 0.6) is 0 Å². The minimum Gasteiger partial charge on any atom is -0.355 e. The van der Waals surface area contributed by atoms with Crippen LogP contribution >= 0.6 is 22.7 Å². The van der Waals surface area contributed by atoms with E-state index in [9.17, 15) is 9.59 Å². The van der Waals surface area contributed by atoms with Crippen molar-refractivity contribution in [1.82, 2.24) is 20.4 Å². The molecule has 0 radical (unpaired) electrons. The number of aromatic nitrogens is 3. The molecule has 0 spiro atoms. The maximum Gasteiger partial charge on any atom is 0.279 e. The van der Waals surface area contributed by atoms with Crippen LogP contribution < -0.4 is 10.6 Å². The van der Waals surface area contributed by atoms with Gasteiger partial charge in [0.1, 0.15) is 0 Å². The summed E-state index contributed by atoms with van der Waals surface area (Å²) in [5.74, 6) is 0.000546. The zero-order chi connectivity index (χ0) is 21.1. The number of carbonyl (C=O) groups excluding carboxylic acids is 2. The lowest BCUT2D eigenvalue weighted by atomic mass is 10.2. The first kappa shape index (κ1) is 19.9. The van der Waals surface area contributed by atoms with Crippen LogP contribution in [-0.4, -0.2) is 26.9 Å². The normalized spacial score (nSPS) is 10.7. The van der Waals surface area contributed by atoms with E-state index in [4.69, 9.17) is 4.52 Å². The molecular formula is C20H17N5O3S2. The van der Waals surface area contributed by atoms with Crippen molar-refractivity contribution < 1.29 is 14.1 Å². The van der Waals surface area contributed by atoms with Crippen LogP contribution in [0, 0.1) is 6.92 Å². The smallest absolute Gasteiger partial charge is 0.279 e. The van der Waals surface area contributed by atoms with Crippen molar-refractivity contribution in [3.63, 3.8) is 0 Å². The number of anilines is 1. The molecule has 0 unspecified atom stereocenters. The van der Waals surface area contributed by atoms with Crippen LogP contribution in [0.1, 0.15) is 27.2 Å². The van der Waals surface area contributed by atoms with Gasteiger partial charge in [0, 0.05) is 40.7 Å². The first-order valence-corrected chi connectivity index (χ1v) is 10.6. The Morgan fingerprint density at radius 2 is 2.07 bits per heavy atom. The summed E-state index contributed by atoms with van der Waals surface area (Å²) in [6.07, 6.45) is 3.30. The van der Waals surface area contributed by atoms with Gasteiger partial charge in [-0.1, -0.05) is 5.16 Å². The number of rotatable bonds is 6. The minimum absolute atomic E-state index is 0.0701. The summed E-state index contributed by atoms with van der Waals surface area (Å²) in [4.78, 5) is 35.2. The molecule has 0 aliphatic heterocycles. The maximum atomic E-state index is 12.5. The highest BCUT2D eigenvalue weighted by atomic mass is 32.1. The van der Waals surface area contributed by atoms with Gasteiger partial charge in [0.05, 0.1) is 17.1 Å². The summed E-state index contributed by atoms with van der Waals surface area (Å²) in [6, 6.07) is 9.10. The molecule has 4 aromatic rings. The molecule has 0 fully saturated rings. The molecule has 4 heterocycles. The van der Waals surface area contributed by atoms with Crippen LogP contribution in [-0.2, 0) is 11.3 Å². The predicted molar refractivity (Wildman–Crippen MR) is 115 cm³/mol. The highest BCUT2D eigenvalue weighted by molar-refractivity contribution is 7.18. The quantitative estimate of drug-likeness (QED) is 0.468. The molecule has 0 saturated carbocycles. The third kappa shape index (κ3) is 4.44. The summed E-state index contributed by atoms with van der Waals surface area (Å²) in [5.41, 5.74) is 1.71. The average molecular weight is 440 g/mol. The Bertz CT molecular complexity index is 1200. The van der Waals surface area contributed by atoms with Crippen LogP contribution in [0.3, 0.4) is 0 Å². The Morgan fingerprint density at radius 1 is 1.20 bits per heavy atom. The zero-order valence-corrected chi connectivity index (χ0v) is 17.8. The van der Waals surface area contributed by atoms with E-state index in [-0.39, 0.29) is 11.6 Å². The van der Waals surface area contributed by atoms with Crippen LogP contribution in [0.4, 0.5) is 5.13 Å². The topological polar surface area (TPSA) is 110 Å². The molecule has 0 atom stereocenters. The Morgan fingerprint density at radius 3 is 2.83 bits per heavy atom. The number of nitrogens with zero attached hydrogens (tertiary/aromatic N) is 3. The minimum atomic E-state index is -0.397. The van der Waals surface area contributed by atoms with Gasteiger partial charge in [-0.3, -0.25) is 19.9 Å². The molecule has 4 aromatic heterocycles. The standard InChI is InChI=1S/C20H17N5O3S2/c1-11-18(17-6-5-14(30-17)10-22-12(2)26)23-20(29-11)24-19(27)15-8-16(28-25-15)13-4-3-7-21-9-13/h3-9H,10H2,1-2H3,(H,22,26)(H,23,24,27). The molecular weight excluding hydrogens is 422 g/mol. The predicted octanol–water partition coefficient (Wildman–Crippen LogP) is 4.12. The maximum absolute atomic E-state index is 12.5. The Balaban J connectivity index is 1.47. The number of thiophene rings is 1. The van der Waals surface area contributed by atoms with E-state index in [1.807, 2.05) is 25.1 Å². The third-order valence-electron chi connectivity index (χ3n) is 4.11. The molecule has 8 nitrogen and oxygen atoms in total. The fraction of sp³-hybridized carbons (Fsp3) is 0.150. The molecule has 4 rings (SSSR count). The second-order valence-electron chi connectivity index (χ2n) is 6.37. The Kier molecular flexibility index (Phi) is 5.68. The second kappa shape index (κ2) is 8.56. The van der Waals surface area contributed by atoms with Gasteiger partial charge >= 0.3 is 0 Å². The lowest BCUT2D eigenvalue weighted by Gasteiger charge is -1.97. The van der Waals surface area contributed by atoms with Gasteiger partial charge in [0.15, 0.2) is 16.6 Å². The van der Waals surface area contributed by atoms with Gasteiger partial charge in [-0.2, -0.15) is 0 Å². The first-order chi connectivity index (χ1) is 14.5. The lowest BCUT2D eigenvalue weighted by molar-refractivity contribution is -0.119. The van der Waals surface area contributed by atoms with Crippen LogP contribution in [0.15, 0.2) is 47.2 Å². The van der Waals surface area contributed by atoms with Gasteiger partial charge < -0.3 is 9.84 Å². The molecule has 2 N–H and O–H groups in total. The molecule has 0 aliphatic carbocycles. The van der Waals surface area contributed by atoms with Gasteiger partial charge in [0.25, 0.3) is 5.91 Å². The molecule has 10 heteroatoms. The fourth-order valence-electron chi connectivity index (χ4n) is 2.68. The number of nitrogens with one attached hydrogen (secondary N) is 2. The number of hydrogen-bond donors (Lipinski definition) is 2. The summed E-state index contributed by atoms with van der Waals surface area (Å²) >= 11 is 2.94. The van der Waals surface area contributed by atoms with E-state index in [0.717, 1.165) is 25.9 Å². The number of thiazole rings is 1. The molecule has 2 amide bonds. The summed E-state index contributed by atoms with van der Waals surface area (Å²) in [6.45, 7) is 3.92.